The van der Waals surface area contributed by atoms with Crippen molar-refractivity contribution >= 4 is 38.8 Å². The molecule has 0 bridgehead atoms. The molecule has 146 valence electrons. The van der Waals surface area contributed by atoms with E-state index in [4.69, 9.17) is 0 Å². The average molecular weight is 417 g/mol. The van der Waals surface area contributed by atoms with Crippen molar-refractivity contribution in [3.63, 3.8) is 0 Å². The molecule has 0 aromatic carbocycles. The zero-order valence-electron chi connectivity index (χ0n) is 15.3. The molecular formula is C18H20N6O2S2. The van der Waals surface area contributed by atoms with Gasteiger partial charge in [-0.2, -0.15) is 4.31 Å². The monoisotopic (exact) mass is 416 g/mol. The van der Waals surface area contributed by atoms with Gasteiger partial charge in [-0.3, -0.25) is 0 Å². The highest BCUT2D eigenvalue weighted by atomic mass is 32.2. The molecule has 0 saturated carbocycles. The number of aryl methyl sites for hydroxylation is 1. The van der Waals surface area contributed by atoms with Gasteiger partial charge in [-0.1, -0.05) is 12.1 Å². The van der Waals surface area contributed by atoms with Crippen LogP contribution in [0.5, 0.6) is 0 Å². The number of anilines is 3. The minimum Gasteiger partial charge on any atom is -0.352 e. The highest BCUT2D eigenvalue weighted by Crippen LogP contribution is 2.23. The van der Waals surface area contributed by atoms with E-state index in [2.05, 4.69) is 20.5 Å². The Bertz CT molecular complexity index is 1030. The summed E-state index contributed by atoms with van der Waals surface area (Å²) in [6.45, 7) is 3.93. The minimum atomic E-state index is -3.40. The quantitative estimate of drug-likeness (QED) is 0.683. The first kappa shape index (κ1) is 18.8. The molecule has 1 fully saturated rings. The van der Waals surface area contributed by atoms with Gasteiger partial charge in [0.05, 0.1) is 0 Å². The van der Waals surface area contributed by atoms with Crippen LogP contribution in [0.4, 0.5) is 17.5 Å². The molecule has 1 aliphatic heterocycles. The Labute approximate surface area is 167 Å². The van der Waals surface area contributed by atoms with Crippen molar-refractivity contribution in [2.45, 2.75) is 11.1 Å². The number of hydrogen-bond acceptors (Lipinski definition) is 8. The molecule has 0 radical (unpaired) electrons. The molecule has 4 rings (SSSR count). The molecule has 1 saturated heterocycles. The van der Waals surface area contributed by atoms with Crippen molar-refractivity contribution in [3.8, 4) is 0 Å². The number of rotatable bonds is 5. The number of nitrogens with one attached hydrogen (secondary N) is 1. The zero-order valence-corrected chi connectivity index (χ0v) is 16.9. The van der Waals surface area contributed by atoms with E-state index in [0.717, 1.165) is 17.3 Å². The Morgan fingerprint density at radius 1 is 0.964 bits per heavy atom. The second-order valence-corrected chi connectivity index (χ2v) is 9.50. The maximum absolute atomic E-state index is 12.6. The molecule has 4 heterocycles. The summed E-state index contributed by atoms with van der Waals surface area (Å²) in [7, 11) is -3.40. The third-order valence-corrected chi connectivity index (χ3v) is 7.72. The molecule has 1 N–H and O–H groups in total. The summed E-state index contributed by atoms with van der Waals surface area (Å²) < 4.78 is 27.1. The summed E-state index contributed by atoms with van der Waals surface area (Å²) in [5, 5.41) is 13.4. The molecule has 0 atom stereocenters. The minimum absolute atomic E-state index is 0.390. The van der Waals surface area contributed by atoms with E-state index in [1.165, 1.54) is 15.6 Å². The number of sulfonamides is 1. The fourth-order valence-corrected chi connectivity index (χ4v) is 5.57. The van der Waals surface area contributed by atoms with Crippen molar-refractivity contribution < 1.29 is 8.42 Å². The van der Waals surface area contributed by atoms with Gasteiger partial charge in [-0.25, -0.2) is 13.4 Å². The molecule has 10 heteroatoms. The third kappa shape index (κ3) is 3.98. The standard InChI is InChI=1S/C18H20N6O2S2/c1-14-4-2-5-15(19-14)20-16-7-8-17(22-21-16)23-9-11-24(12-10-23)28(25,26)18-6-3-13-27-18/h2-8,13H,9-12H2,1H3,(H,19,20,21). The van der Waals surface area contributed by atoms with Gasteiger partial charge in [0.15, 0.2) is 11.6 Å². The maximum atomic E-state index is 12.6. The van der Waals surface area contributed by atoms with Crippen LogP contribution in [0, 0.1) is 6.92 Å². The number of thiophene rings is 1. The second-order valence-electron chi connectivity index (χ2n) is 6.39. The molecule has 0 aliphatic carbocycles. The summed E-state index contributed by atoms with van der Waals surface area (Å²) in [6.07, 6.45) is 0. The van der Waals surface area contributed by atoms with E-state index in [0.29, 0.717) is 36.2 Å². The van der Waals surface area contributed by atoms with Crippen molar-refractivity contribution in [1.82, 2.24) is 19.5 Å². The van der Waals surface area contributed by atoms with Crippen molar-refractivity contribution in [2.75, 3.05) is 36.4 Å². The predicted molar refractivity (Wildman–Crippen MR) is 110 cm³/mol. The molecule has 3 aromatic rings. The average Bonchev–Trinajstić information content (AvgIpc) is 3.25. The Hall–Kier alpha value is -2.56. The number of pyridine rings is 1. The third-order valence-electron chi connectivity index (χ3n) is 4.45. The Morgan fingerprint density at radius 3 is 2.43 bits per heavy atom. The van der Waals surface area contributed by atoms with Crippen LogP contribution in [0.1, 0.15) is 5.69 Å². The first-order valence-corrected chi connectivity index (χ1v) is 11.2. The van der Waals surface area contributed by atoms with Crippen LogP contribution >= 0.6 is 11.3 Å². The molecule has 0 unspecified atom stereocenters. The first-order valence-electron chi connectivity index (χ1n) is 8.85. The van der Waals surface area contributed by atoms with Gasteiger partial charge < -0.3 is 10.2 Å². The normalized spacial score (nSPS) is 15.5. The molecule has 3 aromatic heterocycles. The molecular weight excluding hydrogens is 396 g/mol. The topological polar surface area (TPSA) is 91.3 Å². The molecule has 0 amide bonds. The molecule has 0 spiro atoms. The fraction of sp³-hybridized carbons (Fsp3) is 0.278. The smallest absolute Gasteiger partial charge is 0.252 e. The summed E-state index contributed by atoms with van der Waals surface area (Å²) in [5.41, 5.74) is 0.921. The Kier molecular flexibility index (Phi) is 5.25. The van der Waals surface area contributed by atoms with Crippen LogP contribution in [-0.4, -0.2) is 54.1 Å². The lowest BCUT2D eigenvalue weighted by Crippen LogP contribution is -2.48. The number of piperazine rings is 1. The lowest BCUT2D eigenvalue weighted by Gasteiger charge is -2.34. The lowest BCUT2D eigenvalue weighted by molar-refractivity contribution is 0.384. The summed E-state index contributed by atoms with van der Waals surface area (Å²) in [6, 6.07) is 12.9. The van der Waals surface area contributed by atoms with Gasteiger partial charge in [0.2, 0.25) is 0 Å². The Morgan fingerprint density at radius 2 is 1.79 bits per heavy atom. The van der Waals surface area contributed by atoms with E-state index >= 15 is 0 Å². The van der Waals surface area contributed by atoms with Gasteiger partial charge in [0, 0.05) is 31.9 Å². The molecule has 1 aliphatic rings. The Balaban J connectivity index is 1.38. The van der Waals surface area contributed by atoms with Gasteiger partial charge >= 0.3 is 0 Å². The van der Waals surface area contributed by atoms with E-state index in [-0.39, 0.29) is 0 Å². The molecule has 28 heavy (non-hydrogen) atoms. The number of hydrogen-bond donors (Lipinski definition) is 1. The number of nitrogens with zero attached hydrogens (tertiary/aromatic N) is 5. The first-order chi connectivity index (χ1) is 13.5. The summed E-state index contributed by atoms with van der Waals surface area (Å²) in [4.78, 5) is 6.43. The number of aromatic nitrogens is 3. The van der Waals surface area contributed by atoms with Gasteiger partial charge in [-0.05, 0) is 42.6 Å². The van der Waals surface area contributed by atoms with Crippen LogP contribution in [0.25, 0.3) is 0 Å². The van der Waals surface area contributed by atoms with Gasteiger partial charge in [0.25, 0.3) is 10.0 Å². The largest absolute Gasteiger partial charge is 0.352 e. The van der Waals surface area contributed by atoms with Crippen LogP contribution in [0.15, 0.2) is 52.1 Å². The maximum Gasteiger partial charge on any atom is 0.252 e. The van der Waals surface area contributed by atoms with E-state index in [1.807, 2.05) is 42.2 Å². The SMILES string of the molecule is Cc1cccc(Nc2ccc(N3CCN(S(=O)(=O)c4cccs4)CC3)nn2)n1. The van der Waals surface area contributed by atoms with Crippen LogP contribution in [-0.2, 0) is 10.0 Å². The van der Waals surface area contributed by atoms with Gasteiger partial charge in [0.1, 0.15) is 10.0 Å². The van der Waals surface area contributed by atoms with E-state index in [1.54, 1.807) is 17.5 Å². The highest BCUT2D eigenvalue weighted by molar-refractivity contribution is 7.91. The van der Waals surface area contributed by atoms with Gasteiger partial charge in [-0.15, -0.1) is 21.5 Å². The van der Waals surface area contributed by atoms with Crippen molar-refractivity contribution in [2.24, 2.45) is 0 Å². The highest BCUT2D eigenvalue weighted by Gasteiger charge is 2.29. The van der Waals surface area contributed by atoms with Crippen LogP contribution < -0.4 is 10.2 Å². The lowest BCUT2D eigenvalue weighted by atomic mass is 10.3. The van der Waals surface area contributed by atoms with Crippen LogP contribution in [0.3, 0.4) is 0 Å². The second kappa shape index (κ2) is 7.82. The summed E-state index contributed by atoms with van der Waals surface area (Å²) >= 11 is 1.25. The fourth-order valence-electron chi connectivity index (χ4n) is 3.00. The zero-order chi connectivity index (χ0) is 19.6. The van der Waals surface area contributed by atoms with Crippen molar-refractivity contribution in [1.29, 1.82) is 0 Å². The van der Waals surface area contributed by atoms with Crippen molar-refractivity contribution in [3.05, 3.63) is 53.5 Å². The van der Waals surface area contributed by atoms with E-state index < -0.39 is 10.0 Å². The van der Waals surface area contributed by atoms with E-state index in [9.17, 15) is 8.42 Å². The van der Waals surface area contributed by atoms with Crippen LogP contribution in [0.2, 0.25) is 0 Å². The summed E-state index contributed by atoms with van der Waals surface area (Å²) in [5.74, 6) is 2.06. The predicted octanol–water partition coefficient (Wildman–Crippen LogP) is 2.50. The molecule has 8 nitrogen and oxygen atoms in total.